The molecule has 1 heterocycles. The largest absolute Gasteiger partial charge is 0.416 e. The van der Waals surface area contributed by atoms with E-state index in [1.54, 1.807) is 0 Å². The lowest BCUT2D eigenvalue weighted by atomic mass is 9.91. The highest BCUT2D eigenvalue weighted by atomic mass is 35.5. The average Bonchev–Trinajstić information content (AvgIpc) is 2.76. The molecular formula is C13H15ClF3N. The normalized spacial score (nSPS) is 24.5. The van der Waals surface area contributed by atoms with Crippen LogP contribution in [0.15, 0.2) is 18.2 Å². The average molecular weight is 278 g/mol. The summed E-state index contributed by atoms with van der Waals surface area (Å²) < 4.78 is 38.1. The van der Waals surface area contributed by atoms with Crippen molar-refractivity contribution in [2.24, 2.45) is 5.92 Å². The second-order valence-electron chi connectivity index (χ2n) is 4.62. The van der Waals surface area contributed by atoms with Crippen molar-refractivity contribution in [2.75, 3.05) is 6.54 Å². The van der Waals surface area contributed by atoms with Crippen molar-refractivity contribution < 1.29 is 13.2 Å². The van der Waals surface area contributed by atoms with Crippen LogP contribution in [-0.2, 0) is 6.18 Å². The molecule has 1 saturated heterocycles. The van der Waals surface area contributed by atoms with Crippen LogP contribution >= 0.6 is 11.6 Å². The lowest BCUT2D eigenvalue weighted by Gasteiger charge is -2.21. The molecule has 1 aromatic rings. The Morgan fingerprint density at radius 1 is 1.39 bits per heavy atom. The molecule has 100 valence electrons. The number of halogens is 4. The van der Waals surface area contributed by atoms with Crippen LogP contribution in [0.4, 0.5) is 13.2 Å². The van der Waals surface area contributed by atoms with Gasteiger partial charge in [0.2, 0.25) is 0 Å². The van der Waals surface area contributed by atoms with Crippen LogP contribution in [-0.4, -0.2) is 6.54 Å². The molecule has 18 heavy (non-hydrogen) atoms. The Kier molecular flexibility index (Phi) is 3.87. The third-order valence-electron chi connectivity index (χ3n) is 3.53. The number of nitrogens with one attached hydrogen (secondary N) is 1. The Morgan fingerprint density at radius 3 is 2.72 bits per heavy atom. The summed E-state index contributed by atoms with van der Waals surface area (Å²) in [6.07, 6.45) is -2.41. The number of benzene rings is 1. The van der Waals surface area contributed by atoms with Crippen LogP contribution in [0.2, 0.25) is 5.02 Å². The van der Waals surface area contributed by atoms with Gasteiger partial charge in [0.05, 0.1) is 5.56 Å². The van der Waals surface area contributed by atoms with E-state index in [2.05, 4.69) is 5.32 Å². The molecule has 1 aromatic carbocycles. The molecule has 5 heteroatoms. The summed E-state index contributed by atoms with van der Waals surface area (Å²) in [5.74, 6) is 0.353. The first-order valence-corrected chi connectivity index (χ1v) is 6.41. The van der Waals surface area contributed by atoms with E-state index in [9.17, 15) is 13.2 Å². The Balaban J connectivity index is 2.37. The van der Waals surface area contributed by atoms with Crippen LogP contribution in [0, 0.1) is 5.92 Å². The van der Waals surface area contributed by atoms with Crippen LogP contribution in [0.1, 0.15) is 36.9 Å². The molecule has 0 saturated carbocycles. The molecule has 1 aliphatic rings. The highest BCUT2D eigenvalue weighted by Crippen LogP contribution is 2.38. The van der Waals surface area contributed by atoms with Gasteiger partial charge in [0.1, 0.15) is 0 Å². The fourth-order valence-corrected chi connectivity index (χ4v) is 2.75. The predicted molar refractivity (Wildman–Crippen MR) is 65.6 cm³/mol. The first-order chi connectivity index (χ1) is 8.43. The quantitative estimate of drug-likeness (QED) is 0.844. The highest BCUT2D eigenvalue weighted by molar-refractivity contribution is 6.31. The number of hydrogen-bond donors (Lipinski definition) is 1. The summed E-state index contributed by atoms with van der Waals surface area (Å²) >= 11 is 6.04. The van der Waals surface area contributed by atoms with Gasteiger partial charge in [-0.3, -0.25) is 0 Å². The third-order valence-corrected chi connectivity index (χ3v) is 3.88. The molecule has 0 bridgehead atoms. The molecule has 1 fully saturated rings. The summed E-state index contributed by atoms with van der Waals surface area (Å²) in [6, 6.07) is 3.48. The van der Waals surface area contributed by atoms with Gasteiger partial charge in [0.25, 0.3) is 0 Å². The van der Waals surface area contributed by atoms with Gasteiger partial charge >= 0.3 is 6.18 Å². The van der Waals surface area contributed by atoms with Crippen LogP contribution in [0.5, 0.6) is 0 Å². The van der Waals surface area contributed by atoms with Gasteiger partial charge in [0, 0.05) is 11.1 Å². The molecule has 1 nitrogen and oxygen atoms in total. The maximum Gasteiger partial charge on any atom is 0.416 e. The van der Waals surface area contributed by atoms with E-state index in [-0.39, 0.29) is 6.04 Å². The molecule has 0 spiro atoms. The highest BCUT2D eigenvalue weighted by Gasteiger charge is 2.34. The van der Waals surface area contributed by atoms with Crippen molar-refractivity contribution in [1.82, 2.24) is 5.32 Å². The zero-order chi connectivity index (χ0) is 13.3. The summed E-state index contributed by atoms with van der Waals surface area (Å²) in [6.45, 7) is 2.88. The molecule has 0 aromatic heterocycles. The number of rotatable bonds is 2. The smallest absolute Gasteiger partial charge is 0.310 e. The lowest BCUT2D eigenvalue weighted by Crippen LogP contribution is -2.19. The molecule has 2 atom stereocenters. The maximum absolute atomic E-state index is 12.7. The van der Waals surface area contributed by atoms with E-state index in [0.717, 1.165) is 25.5 Å². The monoisotopic (exact) mass is 277 g/mol. The van der Waals surface area contributed by atoms with Crippen LogP contribution in [0.25, 0.3) is 0 Å². The van der Waals surface area contributed by atoms with Crippen molar-refractivity contribution in [3.05, 3.63) is 34.3 Å². The lowest BCUT2D eigenvalue weighted by molar-refractivity contribution is -0.137. The van der Waals surface area contributed by atoms with Crippen molar-refractivity contribution in [1.29, 1.82) is 0 Å². The van der Waals surface area contributed by atoms with Crippen LogP contribution in [0.3, 0.4) is 0 Å². The summed E-state index contributed by atoms with van der Waals surface area (Å²) in [5.41, 5.74) is -0.0682. The molecule has 2 unspecified atom stereocenters. The van der Waals surface area contributed by atoms with E-state index in [4.69, 9.17) is 11.6 Å². The molecule has 2 rings (SSSR count). The van der Waals surface area contributed by atoms with E-state index in [1.807, 2.05) is 6.92 Å². The Hall–Kier alpha value is -0.740. The first kappa shape index (κ1) is 13.7. The number of alkyl halides is 3. The zero-order valence-corrected chi connectivity index (χ0v) is 10.8. The minimum Gasteiger partial charge on any atom is -0.310 e. The van der Waals surface area contributed by atoms with Gasteiger partial charge in [-0.1, -0.05) is 24.9 Å². The molecule has 1 aliphatic heterocycles. The molecule has 0 amide bonds. The summed E-state index contributed by atoms with van der Waals surface area (Å²) in [7, 11) is 0. The standard InChI is InChI=1S/C13H15ClF3N/c1-2-8-5-6-18-12(8)10-7-9(13(15,16)17)3-4-11(10)14/h3-4,7-8,12,18H,2,5-6H2,1H3. The van der Waals surface area contributed by atoms with Gasteiger partial charge in [-0.2, -0.15) is 13.2 Å². The predicted octanol–water partition coefficient (Wildman–Crippen LogP) is 4.42. The van der Waals surface area contributed by atoms with Crippen molar-refractivity contribution in [3.63, 3.8) is 0 Å². The number of hydrogen-bond acceptors (Lipinski definition) is 1. The molecule has 0 aliphatic carbocycles. The molecular weight excluding hydrogens is 263 g/mol. The van der Waals surface area contributed by atoms with E-state index < -0.39 is 11.7 Å². The Morgan fingerprint density at radius 2 is 2.11 bits per heavy atom. The van der Waals surface area contributed by atoms with E-state index >= 15 is 0 Å². The van der Waals surface area contributed by atoms with Crippen molar-refractivity contribution in [2.45, 2.75) is 32.0 Å². The topological polar surface area (TPSA) is 12.0 Å². The second-order valence-corrected chi connectivity index (χ2v) is 5.03. The molecule has 1 N–H and O–H groups in total. The summed E-state index contributed by atoms with van der Waals surface area (Å²) in [4.78, 5) is 0. The zero-order valence-electron chi connectivity index (χ0n) is 10.0. The minimum atomic E-state index is -4.32. The Labute approximate surface area is 109 Å². The maximum atomic E-state index is 12.7. The minimum absolute atomic E-state index is 0.0650. The first-order valence-electron chi connectivity index (χ1n) is 6.03. The summed E-state index contributed by atoms with van der Waals surface area (Å²) in [5, 5.41) is 3.65. The van der Waals surface area contributed by atoms with Gasteiger partial charge in [-0.15, -0.1) is 0 Å². The van der Waals surface area contributed by atoms with E-state index in [0.29, 0.717) is 16.5 Å². The van der Waals surface area contributed by atoms with Gasteiger partial charge in [-0.05, 0) is 42.6 Å². The molecule has 0 radical (unpaired) electrons. The van der Waals surface area contributed by atoms with Gasteiger partial charge < -0.3 is 5.32 Å². The fourth-order valence-electron chi connectivity index (χ4n) is 2.52. The van der Waals surface area contributed by atoms with E-state index in [1.165, 1.54) is 12.1 Å². The Bertz CT molecular complexity index is 431. The van der Waals surface area contributed by atoms with Crippen LogP contribution < -0.4 is 5.32 Å². The van der Waals surface area contributed by atoms with Gasteiger partial charge in [-0.25, -0.2) is 0 Å². The fraction of sp³-hybridized carbons (Fsp3) is 0.538. The van der Waals surface area contributed by atoms with Gasteiger partial charge in [0.15, 0.2) is 0 Å². The van der Waals surface area contributed by atoms with Crippen molar-refractivity contribution in [3.8, 4) is 0 Å². The second kappa shape index (κ2) is 5.10. The van der Waals surface area contributed by atoms with Crippen molar-refractivity contribution >= 4 is 11.6 Å². The third kappa shape index (κ3) is 2.64. The SMILES string of the molecule is CCC1CCNC1c1cc(C(F)(F)F)ccc1Cl.